The first kappa shape index (κ1) is 19.2. The molecule has 1 atom stereocenters. The Kier molecular flexibility index (Phi) is 5.20. The lowest BCUT2D eigenvalue weighted by atomic mass is 10.1. The predicted octanol–water partition coefficient (Wildman–Crippen LogP) is 2.91. The van der Waals surface area contributed by atoms with Crippen molar-refractivity contribution in [3.63, 3.8) is 0 Å². The SMILES string of the molecule is CN(c1ccc(F)cc1)c1cc(N2CCOCC2)nc2c(C3CCNN3)nccc12. The summed E-state index contributed by atoms with van der Waals surface area (Å²) in [7, 11) is 2.00. The Morgan fingerprint density at radius 3 is 2.70 bits per heavy atom. The molecule has 0 spiro atoms. The number of rotatable bonds is 4. The number of hydrogen-bond donors (Lipinski definition) is 2. The van der Waals surface area contributed by atoms with Crippen molar-refractivity contribution < 1.29 is 9.13 Å². The third-order valence-electron chi connectivity index (χ3n) is 5.80. The van der Waals surface area contributed by atoms with E-state index in [2.05, 4.69) is 31.7 Å². The average molecular weight is 408 g/mol. The van der Waals surface area contributed by atoms with Crippen molar-refractivity contribution in [2.24, 2.45) is 0 Å². The summed E-state index contributed by atoms with van der Waals surface area (Å²) in [6.07, 6.45) is 2.80. The summed E-state index contributed by atoms with van der Waals surface area (Å²) < 4.78 is 19.0. The van der Waals surface area contributed by atoms with Crippen LogP contribution in [0.3, 0.4) is 0 Å². The fourth-order valence-corrected chi connectivity index (χ4v) is 4.12. The van der Waals surface area contributed by atoms with Crippen LogP contribution in [0.25, 0.3) is 10.9 Å². The van der Waals surface area contributed by atoms with Crippen molar-refractivity contribution in [2.45, 2.75) is 12.5 Å². The zero-order valence-electron chi connectivity index (χ0n) is 16.9. The zero-order chi connectivity index (χ0) is 20.5. The molecule has 30 heavy (non-hydrogen) atoms. The van der Waals surface area contributed by atoms with Gasteiger partial charge in [-0.25, -0.2) is 14.8 Å². The van der Waals surface area contributed by atoms with Gasteiger partial charge in [-0.15, -0.1) is 0 Å². The van der Waals surface area contributed by atoms with Crippen LogP contribution in [0.5, 0.6) is 0 Å². The lowest BCUT2D eigenvalue weighted by molar-refractivity contribution is 0.122. The van der Waals surface area contributed by atoms with E-state index in [4.69, 9.17) is 9.72 Å². The van der Waals surface area contributed by atoms with Crippen molar-refractivity contribution in [1.29, 1.82) is 0 Å². The second kappa shape index (κ2) is 8.14. The minimum atomic E-state index is -0.243. The highest BCUT2D eigenvalue weighted by atomic mass is 19.1. The second-order valence-electron chi connectivity index (χ2n) is 7.64. The van der Waals surface area contributed by atoms with E-state index < -0.39 is 0 Å². The predicted molar refractivity (Wildman–Crippen MR) is 116 cm³/mol. The van der Waals surface area contributed by atoms with Crippen LogP contribution in [-0.4, -0.2) is 49.9 Å². The Balaban J connectivity index is 1.67. The number of anilines is 3. The summed E-state index contributed by atoms with van der Waals surface area (Å²) in [5.41, 5.74) is 10.3. The molecule has 0 saturated carbocycles. The van der Waals surface area contributed by atoms with Gasteiger partial charge in [-0.2, -0.15) is 0 Å². The molecule has 2 aliphatic heterocycles. The molecule has 2 saturated heterocycles. The third-order valence-corrected chi connectivity index (χ3v) is 5.80. The molecule has 2 fully saturated rings. The molecule has 0 aliphatic carbocycles. The van der Waals surface area contributed by atoms with Crippen LogP contribution in [0.1, 0.15) is 18.2 Å². The highest BCUT2D eigenvalue weighted by Gasteiger charge is 2.24. The summed E-state index contributed by atoms with van der Waals surface area (Å²) in [5.74, 6) is 0.669. The van der Waals surface area contributed by atoms with Crippen LogP contribution in [0.2, 0.25) is 0 Å². The van der Waals surface area contributed by atoms with Gasteiger partial charge in [0, 0.05) is 50.0 Å². The van der Waals surface area contributed by atoms with E-state index in [1.165, 1.54) is 12.1 Å². The van der Waals surface area contributed by atoms with Crippen LogP contribution in [0, 0.1) is 5.82 Å². The molecular formula is C22H25FN6O. The molecule has 1 aromatic carbocycles. The normalized spacial score (nSPS) is 19.4. The number of fused-ring (bicyclic) bond motifs is 1. The van der Waals surface area contributed by atoms with Gasteiger partial charge >= 0.3 is 0 Å². The number of halogens is 1. The number of aromatic nitrogens is 2. The topological polar surface area (TPSA) is 65.6 Å². The number of hydrogen-bond acceptors (Lipinski definition) is 7. The number of benzene rings is 1. The lowest BCUT2D eigenvalue weighted by Gasteiger charge is -2.30. The van der Waals surface area contributed by atoms with E-state index in [0.717, 1.165) is 59.8 Å². The highest BCUT2D eigenvalue weighted by molar-refractivity contribution is 5.96. The summed E-state index contributed by atoms with van der Waals surface area (Å²) in [6, 6.07) is 10.8. The average Bonchev–Trinajstić information content (AvgIpc) is 3.33. The molecule has 4 heterocycles. The van der Waals surface area contributed by atoms with Gasteiger partial charge < -0.3 is 14.5 Å². The van der Waals surface area contributed by atoms with Crippen molar-refractivity contribution in [2.75, 3.05) is 49.7 Å². The summed E-state index contributed by atoms with van der Waals surface area (Å²) in [4.78, 5) is 14.1. The van der Waals surface area contributed by atoms with Crippen LogP contribution in [-0.2, 0) is 4.74 Å². The van der Waals surface area contributed by atoms with Gasteiger partial charge in [-0.1, -0.05) is 0 Å². The minimum absolute atomic E-state index is 0.116. The van der Waals surface area contributed by atoms with E-state index in [1.807, 2.05) is 19.3 Å². The molecule has 3 aromatic rings. The molecule has 156 valence electrons. The van der Waals surface area contributed by atoms with E-state index >= 15 is 0 Å². The van der Waals surface area contributed by atoms with E-state index in [0.29, 0.717) is 13.2 Å². The molecule has 7 nitrogen and oxygen atoms in total. The Morgan fingerprint density at radius 1 is 1.17 bits per heavy atom. The summed E-state index contributed by atoms with van der Waals surface area (Å²) in [5, 5.41) is 1.03. The van der Waals surface area contributed by atoms with Gasteiger partial charge in [0.25, 0.3) is 0 Å². The molecule has 5 rings (SSSR count). The van der Waals surface area contributed by atoms with Gasteiger partial charge in [0.15, 0.2) is 0 Å². The maximum atomic E-state index is 13.5. The molecule has 2 N–H and O–H groups in total. The Labute approximate surface area is 174 Å². The number of nitrogens with one attached hydrogen (secondary N) is 2. The van der Waals surface area contributed by atoms with E-state index in [1.54, 1.807) is 12.1 Å². The first-order valence-corrected chi connectivity index (χ1v) is 10.3. The maximum Gasteiger partial charge on any atom is 0.131 e. The van der Waals surface area contributed by atoms with Gasteiger partial charge in [-0.05, 0) is 36.8 Å². The summed E-state index contributed by atoms with van der Waals surface area (Å²) >= 11 is 0. The fraction of sp³-hybridized carbons (Fsp3) is 0.364. The Hall–Kier alpha value is -2.81. The molecule has 2 aliphatic rings. The van der Waals surface area contributed by atoms with Crippen LogP contribution >= 0.6 is 0 Å². The largest absolute Gasteiger partial charge is 0.378 e. The fourth-order valence-electron chi connectivity index (χ4n) is 4.12. The Morgan fingerprint density at radius 2 is 1.97 bits per heavy atom. The zero-order valence-corrected chi connectivity index (χ0v) is 16.9. The van der Waals surface area contributed by atoms with Crippen molar-refractivity contribution >= 4 is 28.1 Å². The molecule has 2 aromatic heterocycles. The van der Waals surface area contributed by atoms with E-state index in [-0.39, 0.29) is 11.9 Å². The first-order chi connectivity index (χ1) is 14.7. The minimum Gasteiger partial charge on any atom is -0.378 e. The lowest BCUT2D eigenvalue weighted by Crippen LogP contribution is -2.37. The van der Waals surface area contributed by atoms with Crippen molar-refractivity contribution in [3.05, 3.63) is 54.1 Å². The van der Waals surface area contributed by atoms with Crippen LogP contribution in [0.15, 0.2) is 42.6 Å². The molecule has 0 bridgehead atoms. The smallest absolute Gasteiger partial charge is 0.131 e. The number of pyridine rings is 2. The number of morpholine rings is 1. The van der Waals surface area contributed by atoms with Crippen LogP contribution < -0.4 is 20.7 Å². The standard InChI is InChI=1S/C22H25FN6O/c1-28(16-4-2-15(23)3-5-16)19-14-20(29-10-12-30-13-11-29)26-21-17(19)6-8-24-22(21)18-7-9-25-27-18/h2-6,8,14,18,25,27H,7,9-13H2,1H3. The number of hydrazine groups is 1. The molecule has 0 amide bonds. The van der Waals surface area contributed by atoms with E-state index in [9.17, 15) is 4.39 Å². The maximum absolute atomic E-state index is 13.5. The summed E-state index contributed by atoms with van der Waals surface area (Å²) in [6.45, 7) is 3.88. The van der Waals surface area contributed by atoms with Gasteiger partial charge in [0.2, 0.25) is 0 Å². The first-order valence-electron chi connectivity index (χ1n) is 10.3. The molecule has 1 unspecified atom stereocenters. The third kappa shape index (κ3) is 3.58. The van der Waals surface area contributed by atoms with Gasteiger partial charge in [0.1, 0.15) is 11.6 Å². The van der Waals surface area contributed by atoms with Crippen molar-refractivity contribution in [1.82, 2.24) is 20.8 Å². The number of ether oxygens (including phenoxy) is 1. The van der Waals surface area contributed by atoms with Gasteiger partial charge in [0.05, 0.1) is 36.2 Å². The molecular weight excluding hydrogens is 383 g/mol. The quantitative estimate of drug-likeness (QED) is 0.688. The molecule has 0 radical (unpaired) electrons. The van der Waals surface area contributed by atoms with Crippen LogP contribution in [0.4, 0.5) is 21.6 Å². The Bertz CT molecular complexity index is 1030. The van der Waals surface area contributed by atoms with Crippen molar-refractivity contribution in [3.8, 4) is 0 Å². The second-order valence-corrected chi connectivity index (χ2v) is 7.64. The number of nitrogens with zero attached hydrogens (tertiary/aromatic N) is 4. The monoisotopic (exact) mass is 408 g/mol. The highest BCUT2D eigenvalue weighted by Crippen LogP contribution is 2.36. The van der Waals surface area contributed by atoms with Gasteiger partial charge in [-0.3, -0.25) is 10.4 Å². The molecule has 8 heteroatoms.